The standard InChI is InChI=1S/C14H18O2/c1-2-10-3-6-12(11-4-5-11)7-14(10)16-13-8-15-9-13/h3,6-7,11,13H,2,4-5,8-9H2,1H3. The number of hydrogen-bond acceptors (Lipinski definition) is 2. The molecular formula is C14H18O2. The predicted molar refractivity (Wildman–Crippen MR) is 63.0 cm³/mol. The average Bonchev–Trinajstić information content (AvgIpc) is 3.07. The summed E-state index contributed by atoms with van der Waals surface area (Å²) in [5, 5.41) is 0. The van der Waals surface area contributed by atoms with E-state index in [-0.39, 0.29) is 6.10 Å². The van der Waals surface area contributed by atoms with Crippen molar-refractivity contribution in [2.45, 2.75) is 38.2 Å². The van der Waals surface area contributed by atoms with Crippen LogP contribution in [0.5, 0.6) is 5.75 Å². The average molecular weight is 218 g/mol. The summed E-state index contributed by atoms with van der Waals surface area (Å²) in [5.74, 6) is 1.88. The van der Waals surface area contributed by atoms with Crippen molar-refractivity contribution in [2.24, 2.45) is 0 Å². The second-order valence-corrected chi connectivity index (χ2v) is 4.77. The summed E-state index contributed by atoms with van der Waals surface area (Å²) in [6.07, 6.45) is 4.00. The van der Waals surface area contributed by atoms with E-state index in [0.717, 1.165) is 31.3 Å². The zero-order valence-corrected chi connectivity index (χ0v) is 9.74. The highest BCUT2D eigenvalue weighted by molar-refractivity contribution is 5.40. The van der Waals surface area contributed by atoms with Crippen molar-refractivity contribution >= 4 is 0 Å². The van der Waals surface area contributed by atoms with Gasteiger partial charge in [-0.3, -0.25) is 0 Å². The van der Waals surface area contributed by atoms with Crippen LogP contribution in [0.3, 0.4) is 0 Å². The maximum atomic E-state index is 5.97. The summed E-state index contributed by atoms with van der Waals surface area (Å²) in [6.45, 7) is 3.67. The molecule has 1 aliphatic heterocycles. The Morgan fingerprint density at radius 1 is 1.31 bits per heavy atom. The third-order valence-electron chi connectivity index (χ3n) is 3.42. The fraction of sp³-hybridized carbons (Fsp3) is 0.571. The van der Waals surface area contributed by atoms with Crippen LogP contribution in [-0.2, 0) is 11.2 Å². The number of aryl methyl sites for hydroxylation is 1. The monoisotopic (exact) mass is 218 g/mol. The van der Waals surface area contributed by atoms with Crippen LogP contribution in [0.1, 0.15) is 36.8 Å². The molecule has 2 fully saturated rings. The Kier molecular flexibility index (Phi) is 2.60. The molecule has 1 aliphatic carbocycles. The molecule has 0 N–H and O–H groups in total. The van der Waals surface area contributed by atoms with Gasteiger partial charge in [0.05, 0.1) is 13.2 Å². The molecule has 86 valence electrons. The Bertz CT molecular complexity index is 378. The van der Waals surface area contributed by atoms with Gasteiger partial charge in [-0.05, 0) is 42.4 Å². The van der Waals surface area contributed by atoms with Gasteiger partial charge in [-0.25, -0.2) is 0 Å². The summed E-state index contributed by atoms with van der Waals surface area (Å²) in [5.41, 5.74) is 2.77. The van der Waals surface area contributed by atoms with Crippen LogP contribution in [0, 0.1) is 0 Å². The fourth-order valence-corrected chi connectivity index (χ4v) is 2.11. The van der Waals surface area contributed by atoms with Gasteiger partial charge in [0, 0.05) is 0 Å². The Morgan fingerprint density at radius 2 is 2.12 bits per heavy atom. The minimum Gasteiger partial charge on any atom is -0.485 e. The van der Waals surface area contributed by atoms with E-state index in [9.17, 15) is 0 Å². The van der Waals surface area contributed by atoms with Crippen LogP contribution in [0.2, 0.25) is 0 Å². The molecule has 1 aromatic rings. The molecule has 0 bridgehead atoms. The minimum atomic E-state index is 0.278. The Balaban J connectivity index is 1.82. The zero-order chi connectivity index (χ0) is 11.0. The highest BCUT2D eigenvalue weighted by atomic mass is 16.6. The lowest BCUT2D eigenvalue weighted by molar-refractivity contribution is -0.0800. The van der Waals surface area contributed by atoms with Crippen molar-refractivity contribution in [3.8, 4) is 5.75 Å². The normalized spacial score (nSPS) is 20.6. The van der Waals surface area contributed by atoms with E-state index in [2.05, 4.69) is 25.1 Å². The SMILES string of the molecule is CCc1ccc(C2CC2)cc1OC1COC1. The molecule has 1 aromatic carbocycles. The topological polar surface area (TPSA) is 18.5 Å². The summed E-state index contributed by atoms with van der Waals surface area (Å²) in [6, 6.07) is 6.73. The lowest BCUT2D eigenvalue weighted by Crippen LogP contribution is -2.38. The van der Waals surface area contributed by atoms with E-state index >= 15 is 0 Å². The molecule has 1 saturated carbocycles. The van der Waals surface area contributed by atoms with Crippen LogP contribution >= 0.6 is 0 Å². The summed E-state index contributed by atoms with van der Waals surface area (Å²) in [4.78, 5) is 0. The van der Waals surface area contributed by atoms with Gasteiger partial charge >= 0.3 is 0 Å². The van der Waals surface area contributed by atoms with Crippen molar-refractivity contribution in [2.75, 3.05) is 13.2 Å². The van der Waals surface area contributed by atoms with E-state index in [0.29, 0.717) is 0 Å². The highest BCUT2D eigenvalue weighted by Crippen LogP contribution is 2.41. The van der Waals surface area contributed by atoms with Crippen molar-refractivity contribution in [1.82, 2.24) is 0 Å². The zero-order valence-electron chi connectivity index (χ0n) is 9.74. The molecule has 0 amide bonds. The third-order valence-corrected chi connectivity index (χ3v) is 3.42. The number of ether oxygens (including phenoxy) is 2. The summed E-state index contributed by atoms with van der Waals surface area (Å²) < 4.78 is 11.1. The Labute approximate surface area is 96.6 Å². The van der Waals surface area contributed by atoms with Crippen LogP contribution in [-0.4, -0.2) is 19.3 Å². The van der Waals surface area contributed by atoms with Gasteiger partial charge in [-0.15, -0.1) is 0 Å². The van der Waals surface area contributed by atoms with Crippen molar-refractivity contribution < 1.29 is 9.47 Å². The second kappa shape index (κ2) is 4.10. The van der Waals surface area contributed by atoms with E-state index in [1.807, 2.05) is 0 Å². The first kappa shape index (κ1) is 10.2. The number of rotatable bonds is 4. The molecule has 0 unspecified atom stereocenters. The lowest BCUT2D eigenvalue weighted by Gasteiger charge is -2.28. The van der Waals surface area contributed by atoms with Crippen LogP contribution in [0.4, 0.5) is 0 Å². The third kappa shape index (κ3) is 1.94. The Hall–Kier alpha value is -1.02. The van der Waals surface area contributed by atoms with Gasteiger partial charge in [-0.2, -0.15) is 0 Å². The second-order valence-electron chi connectivity index (χ2n) is 4.77. The van der Waals surface area contributed by atoms with E-state index in [4.69, 9.17) is 9.47 Å². The van der Waals surface area contributed by atoms with Crippen LogP contribution < -0.4 is 4.74 Å². The molecule has 2 aliphatic rings. The Morgan fingerprint density at radius 3 is 2.69 bits per heavy atom. The first-order chi connectivity index (χ1) is 7.86. The quantitative estimate of drug-likeness (QED) is 0.773. The van der Waals surface area contributed by atoms with Gasteiger partial charge in [0.15, 0.2) is 0 Å². The molecule has 3 rings (SSSR count). The maximum Gasteiger partial charge on any atom is 0.145 e. The lowest BCUT2D eigenvalue weighted by atomic mass is 10.1. The molecule has 2 heteroatoms. The molecule has 2 nitrogen and oxygen atoms in total. The molecule has 16 heavy (non-hydrogen) atoms. The highest BCUT2D eigenvalue weighted by Gasteiger charge is 2.26. The summed E-state index contributed by atoms with van der Waals surface area (Å²) in [7, 11) is 0. The van der Waals surface area contributed by atoms with Crippen LogP contribution in [0.15, 0.2) is 18.2 Å². The number of hydrogen-bond donors (Lipinski definition) is 0. The van der Waals surface area contributed by atoms with Crippen LogP contribution in [0.25, 0.3) is 0 Å². The first-order valence-corrected chi connectivity index (χ1v) is 6.24. The van der Waals surface area contributed by atoms with E-state index in [1.165, 1.54) is 24.0 Å². The van der Waals surface area contributed by atoms with Crippen molar-refractivity contribution in [1.29, 1.82) is 0 Å². The van der Waals surface area contributed by atoms with Gasteiger partial charge in [0.2, 0.25) is 0 Å². The van der Waals surface area contributed by atoms with Crippen molar-refractivity contribution in [3.63, 3.8) is 0 Å². The largest absolute Gasteiger partial charge is 0.485 e. The first-order valence-electron chi connectivity index (χ1n) is 6.24. The van der Waals surface area contributed by atoms with Gasteiger partial charge in [0.1, 0.15) is 11.9 Å². The van der Waals surface area contributed by atoms with Gasteiger partial charge in [0.25, 0.3) is 0 Å². The molecule has 1 heterocycles. The molecule has 0 spiro atoms. The maximum absolute atomic E-state index is 5.97. The number of benzene rings is 1. The summed E-state index contributed by atoms with van der Waals surface area (Å²) >= 11 is 0. The van der Waals surface area contributed by atoms with Gasteiger partial charge in [-0.1, -0.05) is 19.1 Å². The predicted octanol–water partition coefficient (Wildman–Crippen LogP) is 2.90. The smallest absolute Gasteiger partial charge is 0.145 e. The molecular weight excluding hydrogens is 200 g/mol. The van der Waals surface area contributed by atoms with Gasteiger partial charge < -0.3 is 9.47 Å². The molecule has 0 atom stereocenters. The van der Waals surface area contributed by atoms with E-state index in [1.54, 1.807) is 0 Å². The minimum absolute atomic E-state index is 0.278. The fourth-order valence-electron chi connectivity index (χ4n) is 2.11. The molecule has 0 aromatic heterocycles. The van der Waals surface area contributed by atoms with Crippen molar-refractivity contribution in [3.05, 3.63) is 29.3 Å². The van der Waals surface area contributed by atoms with E-state index < -0.39 is 0 Å². The molecule has 1 saturated heterocycles. The molecule has 0 radical (unpaired) electrons.